The predicted molar refractivity (Wildman–Crippen MR) is 194 cm³/mol. The van der Waals surface area contributed by atoms with Crippen LogP contribution in [0.15, 0.2) is 48.5 Å². The smallest absolute Gasteiger partial charge is 0.262 e. The van der Waals surface area contributed by atoms with Crippen molar-refractivity contribution in [1.29, 1.82) is 0 Å². The van der Waals surface area contributed by atoms with E-state index in [0.29, 0.717) is 73.5 Å². The Morgan fingerprint density at radius 2 is 1.64 bits per heavy atom. The normalized spacial score (nSPS) is 15.5. The van der Waals surface area contributed by atoms with Gasteiger partial charge in [0.25, 0.3) is 11.8 Å². The number of rotatable bonds is 20. The Morgan fingerprint density at radius 3 is 2.42 bits per heavy atom. The average molecular weight is 851 g/mol. The molecule has 1 unspecified atom stereocenters. The quantitative estimate of drug-likeness (QED) is 0.0632. The lowest BCUT2D eigenvalue weighted by Crippen LogP contribution is -2.54. The fourth-order valence-electron chi connectivity index (χ4n) is 5.92. The van der Waals surface area contributed by atoms with Crippen LogP contribution in [0.3, 0.4) is 0 Å². The Labute approximate surface area is 317 Å². The van der Waals surface area contributed by atoms with Crippen LogP contribution in [0.25, 0.3) is 0 Å². The van der Waals surface area contributed by atoms with E-state index in [9.17, 15) is 37.1 Å². The number of nitrogens with zero attached hydrogens (tertiary/aromatic N) is 1. The molecule has 2 aliphatic heterocycles. The number of amides is 4. The van der Waals surface area contributed by atoms with Crippen LogP contribution in [-0.4, -0.2) is 93.1 Å². The standard InChI is InChI=1S/C37H38F3IN4O8/c38-26-9-8-24(34(33(26)40)43-28-10-7-23(41)20-27(28)39)30(46)21-53-16-3-13-42-14-17-52-19-18-51-15-2-5-22-4-1-6-25-32(22)37(50)45(36(25)49)29-11-12-31(47)44-35(29)48/h1,4,6-10,20,29,42-43H,2-3,5,11-19,21H2,(H,44,47,48). The van der Waals surface area contributed by atoms with E-state index in [1.165, 1.54) is 12.1 Å². The zero-order chi connectivity index (χ0) is 37.9. The van der Waals surface area contributed by atoms with E-state index in [-0.39, 0.29) is 42.9 Å². The third-order valence-corrected chi connectivity index (χ3v) is 9.22. The summed E-state index contributed by atoms with van der Waals surface area (Å²) in [6.07, 6.45) is 1.82. The van der Waals surface area contributed by atoms with Crippen molar-refractivity contribution in [1.82, 2.24) is 15.5 Å². The summed E-state index contributed by atoms with van der Waals surface area (Å²) in [5.41, 5.74) is 0.522. The van der Waals surface area contributed by atoms with Gasteiger partial charge in [0.2, 0.25) is 11.8 Å². The molecule has 1 atom stereocenters. The number of hydrogen-bond acceptors (Lipinski definition) is 10. The molecule has 3 N–H and O–H groups in total. The van der Waals surface area contributed by atoms with Crippen molar-refractivity contribution in [3.05, 3.63) is 91.8 Å². The highest BCUT2D eigenvalue weighted by molar-refractivity contribution is 14.1. The third-order valence-electron chi connectivity index (χ3n) is 8.55. The monoisotopic (exact) mass is 850 g/mol. The third kappa shape index (κ3) is 10.3. The van der Waals surface area contributed by atoms with Gasteiger partial charge in [0, 0.05) is 35.3 Å². The zero-order valence-corrected chi connectivity index (χ0v) is 30.8. The highest BCUT2D eigenvalue weighted by Crippen LogP contribution is 2.31. The Bertz CT molecular complexity index is 1860. The minimum atomic E-state index is -1.29. The van der Waals surface area contributed by atoms with Gasteiger partial charge in [-0.3, -0.25) is 34.2 Å². The number of hydrogen-bond donors (Lipinski definition) is 3. The second-order valence-electron chi connectivity index (χ2n) is 12.2. The Morgan fingerprint density at radius 1 is 0.868 bits per heavy atom. The number of imide groups is 2. The number of carbonyl (C=O) groups is 5. The molecule has 3 aromatic rings. The summed E-state index contributed by atoms with van der Waals surface area (Å²) in [6.45, 7) is 2.60. The van der Waals surface area contributed by atoms with Crippen molar-refractivity contribution in [2.24, 2.45) is 0 Å². The van der Waals surface area contributed by atoms with Crippen LogP contribution in [0.2, 0.25) is 0 Å². The second-order valence-corrected chi connectivity index (χ2v) is 13.5. The van der Waals surface area contributed by atoms with Crippen LogP contribution < -0.4 is 16.0 Å². The van der Waals surface area contributed by atoms with E-state index in [4.69, 9.17) is 14.2 Å². The number of halogens is 4. The van der Waals surface area contributed by atoms with Gasteiger partial charge in [-0.15, -0.1) is 0 Å². The van der Waals surface area contributed by atoms with Gasteiger partial charge in [0.1, 0.15) is 18.5 Å². The molecule has 12 nitrogen and oxygen atoms in total. The maximum atomic E-state index is 14.6. The van der Waals surface area contributed by atoms with E-state index >= 15 is 0 Å². The molecule has 282 valence electrons. The van der Waals surface area contributed by atoms with Gasteiger partial charge in [-0.25, -0.2) is 13.2 Å². The molecule has 2 heterocycles. The SMILES string of the molecule is O=C1CCC(N2C(=O)c3cccc(CCCOCCOCCNCCCOCC(=O)c4ccc(F)c(F)c4Nc4ccc(I)cc4F)c3C2=O)C(=O)N1. The molecule has 3 aromatic carbocycles. The number of ketones is 1. The minimum Gasteiger partial charge on any atom is -0.379 e. The van der Waals surface area contributed by atoms with Crippen LogP contribution in [0.4, 0.5) is 24.5 Å². The molecular weight excluding hydrogens is 812 g/mol. The Kier molecular flexibility index (Phi) is 14.5. The molecule has 0 bridgehead atoms. The van der Waals surface area contributed by atoms with Gasteiger partial charge in [0.15, 0.2) is 17.4 Å². The Balaban J connectivity index is 0.909. The summed E-state index contributed by atoms with van der Waals surface area (Å²) in [7, 11) is 0. The first-order chi connectivity index (χ1) is 25.6. The summed E-state index contributed by atoms with van der Waals surface area (Å²) in [5.74, 6) is -5.87. The minimum absolute atomic E-state index is 0.0589. The number of ether oxygens (including phenoxy) is 3. The highest BCUT2D eigenvalue weighted by Gasteiger charge is 2.45. The zero-order valence-electron chi connectivity index (χ0n) is 28.6. The molecule has 5 rings (SSSR count). The molecule has 4 amide bonds. The number of anilines is 2. The Hall–Kier alpha value is -4.23. The van der Waals surface area contributed by atoms with Gasteiger partial charge < -0.3 is 24.8 Å². The summed E-state index contributed by atoms with van der Waals surface area (Å²) in [5, 5.41) is 7.89. The number of aryl methyl sites for hydroxylation is 1. The molecule has 0 saturated carbocycles. The maximum absolute atomic E-state index is 14.6. The summed E-state index contributed by atoms with van der Waals surface area (Å²) in [6, 6.07) is 10.2. The fourth-order valence-corrected chi connectivity index (χ4v) is 6.38. The lowest BCUT2D eigenvalue weighted by molar-refractivity contribution is -0.136. The average Bonchev–Trinajstić information content (AvgIpc) is 3.38. The molecule has 0 aliphatic carbocycles. The topological polar surface area (TPSA) is 152 Å². The van der Waals surface area contributed by atoms with Crippen molar-refractivity contribution in [2.45, 2.75) is 38.1 Å². The van der Waals surface area contributed by atoms with E-state index in [1.54, 1.807) is 24.3 Å². The molecule has 1 saturated heterocycles. The molecular formula is C37H38F3IN4O8. The van der Waals surface area contributed by atoms with Crippen molar-refractivity contribution >= 4 is 63.4 Å². The molecule has 0 radical (unpaired) electrons. The van der Waals surface area contributed by atoms with Crippen LogP contribution in [0.1, 0.15) is 62.3 Å². The van der Waals surface area contributed by atoms with E-state index in [0.717, 1.165) is 17.0 Å². The van der Waals surface area contributed by atoms with Gasteiger partial charge >= 0.3 is 0 Å². The molecule has 2 aliphatic rings. The molecule has 0 aromatic heterocycles. The number of nitrogens with one attached hydrogen (secondary N) is 3. The second kappa shape index (κ2) is 19.2. The molecule has 53 heavy (non-hydrogen) atoms. The van der Waals surface area contributed by atoms with Crippen LogP contribution >= 0.6 is 22.6 Å². The van der Waals surface area contributed by atoms with E-state index in [1.807, 2.05) is 22.6 Å². The van der Waals surface area contributed by atoms with Gasteiger partial charge in [-0.05, 0) is 96.8 Å². The highest BCUT2D eigenvalue weighted by atomic mass is 127. The van der Waals surface area contributed by atoms with Crippen molar-refractivity contribution < 1.29 is 51.4 Å². The summed E-state index contributed by atoms with van der Waals surface area (Å²) in [4.78, 5) is 63.7. The van der Waals surface area contributed by atoms with Crippen LogP contribution in [0.5, 0.6) is 0 Å². The number of carbonyl (C=O) groups excluding carboxylic acids is 5. The summed E-state index contributed by atoms with van der Waals surface area (Å²) < 4.78 is 60.1. The summed E-state index contributed by atoms with van der Waals surface area (Å²) >= 11 is 1.92. The maximum Gasteiger partial charge on any atom is 0.262 e. The lowest BCUT2D eigenvalue weighted by Gasteiger charge is -2.27. The number of fused-ring (bicyclic) bond motifs is 1. The van der Waals surface area contributed by atoms with Gasteiger partial charge in [0.05, 0.1) is 42.3 Å². The lowest BCUT2D eigenvalue weighted by atomic mass is 9.99. The van der Waals surface area contributed by atoms with Crippen molar-refractivity contribution in [3.63, 3.8) is 0 Å². The molecule has 16 heteroatoms. The van der Waals surface area contributed by atoms with Crippen molar-refractivity contribution in [2.75, 3.05) is 58.0 Å². The molecule has 1 fully saturated rings. The number of Topliss-reactive ketones (excluding diaryl/α,β-unsaturated/α-hetero) is 1. The number of piperidine rings is 1. The van der Waals surface area contributed by atoms with Gasteiger partial charge in [-0.1, -0.05) is 12.1 Å². The first-order valence-electron chi connectivity index (χ1n) is 17.1. The first-order valence-corrected chi connectivity index (χ1v) is 18.2. The van der Waals surface area contributed by atoms with Crippen LogP contribution in [0, 0.1) is 21.0 Å². The largest absolute Gasteiger partial charge is 0.379 e. The van der Waals surface area contributed by atoms with Crippen molar-refractivity contribution in [3.8, 4) is 0 Å². The molecule has 0 spiro atoms. The number of benzene rings is 3. The fraction of sp³-hybridized carbons (Fsp3) is 0.378. The predicted octanol–water partition coefficient (Wildman–Crippen LogP) is 4.70. The van der Waals surface area contributed by atoms with Crippen LogP contribution in [-0.2, 0) is 30.2 Å². The van der Waals surface area contributed by atoms with E-state index < -0.39 is 58.6 Å². The van der Waals surface area contributed by atoms with E-state index in [2.05, 4.69) is 16.0 Å². The van der Waals surface area contributed by atoms with Gasteiger partial charge in [-0.2, -0.15) is 0 Å². The first kappa shape index (κ1) is 40.0.